The van der Waals surface area contributed by atoms with Gasteiger partial charge in [-0.05, 0) is 12.5 Å². The average Bonchev–Trinajstić information content (AvgIpc) is 3.20. The first-order valence-electron chi connectivity index (χ1n) is 7.49. The lowest BCUT2D eigenvalue weighted by atomic mass is 10.1. The van der Waals surface area contributed by atoms with Gasteiger partial charge in [-0.3, -0.25) is 0 Å². The number of rotatable bonds is 5. The average molecular weight is 346 g/mol. The molecular weight excluding hydrogens is 328 g/mol. The lowest BCUT2D eigenvalue weighted by Gasteiger charge is -2.08. The number of nitrogens with zero attached hydrogens (tertiary/aromatic N) is 4. The first kappa shape index (κ1) is 16.5. The van der Waals surface area contributed by atoms with Gasteiger partial charge in [0, 0.05) is 24.8 Å². The van der Waals surface area contributed by atoms with Gasteiger partial charge in [0.25, 0.3) is 0 Å². The summed E-state index contributed by atoms with van der Waals surface area (Å²) >= 11 is 1.53. The largest absolute Gasteiger partial charge is 0.464 e. The number of benzene rings is 1. The van der Waals surface area contributed by atoms with Crippen molar-refractivity contribution in [3.63, 3.8) is 0 Å². The van der Waals surface area contributed by atoms with Crippen molar-refractivity contribution in [2.24, 2.45) is 12.2 Å². The number of ether oxygens (including phenoxy) is 1. The molecule has 0 spiro atoms. The molecule has 1 aliphatic rings. The van der Waals surface area contributed by atoms with Gasteiger partial charge in [-0.15, -0.1) is 10.2 Å². The van der Waals surface area contributed by atoms with Crippen LogP contribution in [0.15, 0.2) is 34.6 Å². The zero-order chi connectivity index (χ0) is 17.1. The minimum absolute atomic E-state index is 0.164. The van der Waals surface area contributed by atoms with E-state index in [-0.39, 0.29) is 6.10 Å². The Labute approximate surface area is 144 Å². The summed E-state index contributed by atoms with van der Waals surface area (Å²) in [6.07, 6.45) is 0.282. The number of aromatic nitrogens is 3. The van der Waals surface area contributed by atoms with E-state index in [2.05, 4.69) is 33.1 Å². The van der Waals surface area contributed by atoms with Crippen molar-refractivity contribution >= 4 is 23.4 Å². The number of carbonyl (C=O) groups is 1. The smallest absolute Gasteiger partial charge is 0.355 e. The van der Waals surface area contributed by atoms with Gasteiger partial charge in [-0.25, -0.2) is 4.79 Å². The topological polar surface area (TPSA) is 78.6 Å². The van der Waals surface area contributed by atoms with Gasteiger partial charge in [0.2, 0.25) is 0 Å². The minimum atomic E-state index is -0.442. The summed E-state index contributed by atoms with van der Waals surface area (Å²) in [7, 11) is 3.27. The molecule has 0 fully saturated rings. The van der Waals surface area contributed by atoms with Crippen molar-refractivity contribution < 1.29 is 14.4 Å². The highest BCUT2D eigenvalue weighted by Gasteiger charge is 2.27. The summed E-state index contributed by atoms with van der Waals surface area (Å²) in [6, 6.07) is 8.07. The standard InChI is InChI=1S/C16H18N4O3S/c1-10-6-4-5-7-12(10)14-17-18-16(20(14)2)24-9-11-8-13(19-23-11)15(21)22-3/h4-7,11H,8-9H2,1-3H3. The van der Waals surface area contributed by atoms with Gasteiger partial charge < -0.3 is 14.1 Å². The van der Waals surface area contributed by atoms with Gasteiger partial charge in [0.1, 0.15) is 6.10 Å². The molecule has 126 valence electrons. The van der Waals surface area contributed by atoms with Crippen LogP contribution in [-0.2, 0) is 21.4 Å². The Bertz CT molecular complexity index is 787. The molecule has 0 saturated carbocycles. The van der Waals surface area contributed by atoms with E-state index < -0.39 is 5.97 Å². The molecular formula is C16H18N4O3S. The molecule has 3 rings (SSSR count). The molecule has 7 nitrogen and oxygen atoms in total. The van der Waals surface area contributed by atoms with Crippen LogP contribution in [0, 0.1) is 6.92 Å². The number of hydrogen-bond acceptors (Lipinski definition) is 7. The highest BCUT2D eigenvalue weighted by Crippen LogP contribution is 2.26. The zero-order valence-corrected chi connectivity index (χ0v) is 14.5. The fourth-order valence-electron chi connectivity index (χ4n) is 2.42. The van der Waals surface area contributed by atoms with Crippen LogP contribution < -0.4 is 0 Å². The van der Waals surface area contributed by atoms with E-state index in [0.717, 1.165) is 22.1 Å². The van der Waals surface area contributed by atoms with Gasteiger partial charge >= 0.3 is 5.97 Å². The second-order valence-corrected chi connectivity index (χ2v) is 6.44. The fourth-order valence-corrected chi connectivity index (χ4v) is 3.31. The van der Waals surface area contributed by atoms with Crippen molar-refractivity contribution in [2.45, 2.75) is 24.6 Å². The van der Waals surface area contributed by atoms with Crippen molar-refractivity contribution in [1.82, 2.24) is 14.8 Å². The molecule has 0 radical (unpaired) electrons. The van der Waals surface area contributed by atoms with Gasteiger partial charge in [-0.2, -0.15) is 0 Å². The molecule has 1 aromatic carbocycles. The van der Waals surface area contributed by atoms with Crippen LogP contribution in [0.2, 0.25) is 0 Å². The van der Waals surface area contributed by atoms with Crippen LogP contribution in [0.3, 0.4) is 0 Å². The molecule has 1 aromatic heterocycles. The molecule has 1 unspecified atom stereocenters. The molecule has 24 heavy (non-hydrogen) atoms. The molecule has 2 heterocycles. The zero-order valence-electron chi connectivity index (χ0n) is 13.7. The number of esters is 1. The summed E-state index contributed by atoms with van der Waals surface area (Å²) in [4.78, 5) is 16.7. The molecule has 1 aliphatic heterocycles. The van der Waals surface area contributed by atoms with E-state index in [1.807, 2.05) is 29.8 Å². The number of aryl methyl sites for hydroxylation is 1. The Morgan fingerprint density at radius 2 is 2.21 bits per heavy atom. The lowest BCUT2D eigenvalue weighted by Crippen LogP contribution is -2.18. The molecule has 0 saturated heterocycles. The predicted octanol–water partition coefficient (Wildman–Crippen LogP) is 2.20. The Balaban J connectivity index is 1.64. The van der Waals surface area contributed by atoms with Crippen LogP contribution >= 0.6 is 11.8 Å². The van der Waals surface area contributed by atoms with Crippen molar-refractivity contribution in [3.05, 3.63) is 29.8 Å². The lowest BCUT2D eigenvalue weighted by molar-refractivity contribution is -0.132. The van der Waals surface area contributed by atoms with E-state index in [1.165, 1.54) is 18.9 Å². The monoisotopic (exact) mass is 346 g/mol. The number of carbonyl (C=O) groups excluding carboxylic acids is 1. The number of methoxy groups -OCH3 is 1. The molecule has 0 amide bonds. The molecule has 0 aliphatic carbocycles. The maximum absolute atomic E-state index is 11.4. The minimum Gasteiger partial charge on any atom is -0.464 e. The Morgan fingerprint density at radius 1 is 1.42 bits per heavy atom. The van der Waals surface area contributed by atoms with E-state index in [9.17, 15) is 4.79 Å². The molecule has 1 atom stereocenters. The highest BCUT2D eigenvalue weighted by molar-refractivity contribution is 7.99. The maximum atomic E-state index is 11.4. The summed E-state index contributed by atoms with van der Waals surface area (Å²) in [5.41, 5.74) is 2.54. The summed E-state index contributed by atoms with van der Waals surface area (Å²) < 4.78 is 6.61. The maximum Gasteiger partial charge on any atom is 0.355 e. The van der Waals surface area contributed by atoms with E-state index in [0.29, 0.717) is 17.9 Å². The molecule has 2 aromatic rings. The van der Waals surface area contributed by atoms with Crippen LogP contribution in [0.5, 0.6) is 0 Å². The van der Waals surface area contributed by atoms with Crippen LogP contribution in [0.25, 0.3) is 11.4 Å². The molecule has 0 N–H and O–H groups in total. The van der Waals surface area contributed by atoms with Gasteiger partial charge in [0.15, 0.2) is 16.7 Å². The van der Waals surface area contributed by atoms with Crippen molar-refractivity contribution in [2.75, 3.05) is 12.9 Å². The third kappa shape index (κ3) is 3.28. The third-order valence-corrected chi connectivity index (χ3v) is 4.93. The van der Waals surface area contributed by atoms with Crippen molar-refractivity contribution in [3.8, 4) is 11.4 Å². The number of oxime groups is 1. The van der Waals surface area contributed by atoms with E-state index in [4.69, 9.17) is 4.84 Å². The third-order valence-electron chi connectivity index (χ3n) is 3.77. The Morgan fingerprint density at radius 3 is 2.96 bits per heavy atom. The van der Waals surface area contributed by atoms with Gasteiger partial charge in [0.05, 0.1) is 7.11 Å². The number of thioether (sulfide) groups is 1. The first-order chi connectivity index (χ1) is 11.6. The first-order valence-corrected chi connectivity index (χ1v) is 8.48. The Kier molecular flexibility index (Phi) is 4.84. The van der Waals surface area contributed by atoms with Crippen LogP contribution in [0.4, 0.5) is 0 Å². The summed E-state index contributed by atoms with van der Waals surface area (Å²) in [5, 5.41) is 13.1. The second kappa shape index (κ2) is 7.04. The summed E-state index contributed by atoms with van der Waals surface area (Å²) in [5.74, 6) is 1.02. The Hall–Kier alpha value is -2.35. The number of hydrogen-bond donors (Lipinski definition) is 0. The second-order valence-electron chi connectivity index (χ2n) is 5.45. The predicted molar refractivity (Wildman–Crippen MR) is 90.8 cm³/mol. The van der Waals surface area contributed by atoms with E-state index >= 15 is 0 Å². The quantitative estimate of drug-likeness (QED) is 0.610. The van der Waals surface area contributed by atoms with Crippen molar-refractivity contribution in [1.29, 1.82) is 0 Å². The van der Waals surface area contributed by atoms with Crippen LogP contribution in [0.1, 0.15) is 12.0 Å². The SMILES string of the molecule is COC(=O)C1=NOC(CSc2nnc(-c3ccccc3C)n2C)C1. The molecule has 0 bridgehead atoms. The normalized spacial score (nSPS) is 16.6. The molecule has 8 heteroatoms. The highest BCUT2D eigenvalue weighted by atomic mass is 32.2. The van der Waals surface area contributed by atoms with Crippen LogP contribution in [-0.4, -0.2) is 45.4 Å². The summed E-state index contributed by atoms with van der Waals surface area (Å²) in [6.45, 7) is 2.05. The van der Waals surface area contributed by atoms with E-state index in [1.54, 1.807) is 0 Å². The van der Waals surface area contributed by atoms with Gasteiger partial charge in [-0.1, -0.05) is 41.2 Å². The fraction of sp³-hybridized carbons (Fsp3) is 0.375.